The van der Waals surface area contributed by atoms with E-state index < -0.39 is 32.5 Å². The summed E-state index contributed by atoms with van der Waals surface area (Å²) in [5, 5.41) is 0. The van der Waals surface area contributed by atoms with Crippen LogP contribution >= 0.6 is 7.82 Å². The Balaban J connectivity index is 3.76. The topological polar surface area (TPSA) is 119 Å². The average Bonchev–Trinajstić information content (AvgIpc) is 3.23. The van der Waals surface area contributed by atoms with Crippen LogP contribution in [0, 0.1) is 0 Å². The SMILES string of the molecule is CCCCC/C=C\C/C=C\CCCCCCCCCCCC(=O)OC(COC(=O)CCCCCCCCCCCCCCCCCCCCCCCCCC)COP(=O)(O)O. The maximum Gasteiger partial charge on any atom is 0.469 e. The molecule has 1 unspecified atom stereocenters. The largest absolute Gasteiger partial charge is 0.469 e. The standard InChI is InChI=1S/C52H99O8P/c1-3-5-7-9-11-13-15-17-19-21-23-24-25-26-27-29-30-32-34-36-38-40-42-44-46-51(53)58-48-50(49-59-61(55,56)57)60-52(54)47-45-43-41-39-37-35-33-31-28-22-20-18-16-14-12-10-8-6-4-2/h12,14,18,20,50H,3-11,13,15-17,19,21-49H2,1-2H3,(H2,55,56,57)/b14-12-,20-18-. The van der Waals surface area contributed by atoms with Crippen LogP contribution in [0.25, 0.3) is 0 Å². The predicted octanol–water partition coefficient (Wildman–Crippen LogP) is 16.7. The molecule has 0 aromatic rings. The monoisotopic (exact) mass is 883 g/mol. The first-order valence-electron chi connectivity index (χ1n) is 26.1. The van der Waals surface area contributed by atoms with Crippen molar-refractivity contribution in [3.63, 3.8) is 0 Å². The molecule has 0 amide bonds. The summed E-state index contributed by atoms with van der Waals surface area (Å²) in [5.41, 5.74) is 0. The van der Waals surface area contributed by atoms with Crippen LogP contribution in [0.3, 0.4) is 0 Å². The first-order chi connectivity index (χ1) is 29.8. The molecule has 8 nitrogen and oxygen atoms in total. The Hall–Kier alpha value is -1.47. The maximum absolute atomic E-state index is 12.5. The van der Waals surface area contributed by atoms with Gasteiger partial charge < -0.3 is 19.3 Å². The molecule has 1 atom stereocenters. The van der Waals surface area contributed by atoms with E-state index in [1.165, 1.54) is 193 Å². The van der Waals surface area contributed by atoms with Crippen LogP contribution in [-0.2, 0) is 28.2 Å². The van der Waals surface area contributed by atoms with E-state index in [1.807, 2.05) is 0 Å². The summed E-state index contributed by atoms with van der Waals surface area (Å²) in [7, 11) is -4.76. The number of hydrogen-bond acceptors (Lipinski definition) is 6. The molecule has 360 valence electrons. The van der Waals surface area contributed by atoms with Gasteiger partial charge in [0, 0.05) is 12.8 Å². The van der Waals surface area contributed by atoms with Crippen molar-refractivity contribution in [2.24, 2.45) is 0 Å². The molecule has 0 saturated heterocycles. The Labute approximate surface area is 377 Å². The van der Waals surface area contributed by atoms with Crippen LogP contribution in [0.4, 0.5) is 0 Å². The number of carbonyl (C=O) groups excluding carboxylic acids is 2. The van der Waals surface area contributed by atoms with Gasteiger partial charge in [-0.1, -0.05) is 244 Å². The minimum atomic E-state index is -4.76. The molecular formula is C52H99O8P. The third-order valence-corrected chi connectivity index (χ3v) is 12.2. The number of esters is 2. The van der Waals surface area contributed by atoms with Gasteiger partial charge >= 0.3 is 19.8 Å². The Kier molecular flexibility index (Phi) is 46.8. The second-order valence-electron chi connectivity index (χ2n) is 17.9. The van der Waals surface area contributed by atoms with E-state index in [0.717, 1.165) is 51.4 Å². The highest BCUT2D eigenvalue weighted by Gasteiger charge is 2.23. The van der Waals surface area contributed by atoms with Crippen molar-refractivity contribution in [3.05, 3.63) is 24.3 Å². The lowest BCUT2D eigenvalue weighted by Gasteiger charge is -2.18. The third-order valence-electron chi connectivity index (χ3n) is 11.7. The molecule has 0 aromatic heterocycles. The highest BCUT2D eigenvalue weighted by molar-refractivity contribution is 7.46. The summed E-state index contributed by atoms with van der Waals surface area (Å²) in [6.07, 6.45) is 57.7. The van der Waals surface area contributed by atoms with Crippen molar-refractivity contribution in [1.29, 1.82) is 0 Å². The van der Waals surface area contributed by atoms with Crippen LogP contribution in [0.1, 0.15) is 277 Å². The van der Waals surface area contributed by atoms with Gasteiger partial charge in [0.15, 0.2) is 6.10 Å². The van der Waals surface area contributed by atoms with Crippen molar-refractivity contribution < 1.29 is 37.9 Å². The van der Waals surface area contributed by atoms with E-state index in [4.69, 9.17) is 19.3 Å². The smallest absolute Gasteiger partial charge is 0.462 e. The predicted molar refractivity (Wildman–Crippen MR) is 258 cm³/mol. The molecule has 2 N–H and O–H groups in total. The molecule has 0 rings (SSSR count). The van der Waals surface area contributed by atoms with Gasteiger partial charge in [0.1, 0.15) is 6.61 Å². The molecule has 0 radical (unpaired) electrons. The van der Waals surface area contributed by atoms with Crippen LogP contribution in [0.5, 0.6) is 0 Å². The summed E-state index contributed by atoms with van der Waals surface area (Å²) in [4.78, 5) is 43.1. The minimum absolute atomic E-state index is 0.210. The zero-order valence-corrected chi connectivity index (χ0v) is 41.0. The number of rotatable bonds is 49. The molecule has 0 heterocycles. The molecule has 61 heavy (non-hydrogen) atoms. The highest BCUT2D eigenvalue weighted by Crippen LogP contribution is 2.36. The Bertz CT molecular complexity index is 1040. The number of phosphoric acid groups is 1. The highest BCUT2D eigenvalue weighted by atomic mass is 31.2. The van der Waals surface area contributed by atoms with E-state index in [9.17, 15) is 14.2 Å². The van der Waals surface area contributed by atoms with Crippen LogP contribution in [0.2, 0.25) is 0 Å². The molecular weight excluding hydrogens is 784 g/mol. The Morgan fingerprint density at radius 1 is 0.426 bits per heavy atom. The fourth-order valence-electron chi connectivity index (χ4n) is 7.82. The zero-order valence-electron chi connectivity index (χ0n) is 40.1. The third kappa shape index (κ3) is 51.0. The van der Waals surface area contributed by atoms with Crippen molar-refractivity contribution in [1.82, 2.24) is 0 Å². The van der Waals surface area contributed by atoms with Gasteiger partial charge in [-0.3, -0.25) is 14.1 Å². The lowest BCUT2D eigenvalue weighted by molar-refractivity contribution is -0.161. The lowest BCUT2D eigenvalue weighted by atomic mass is 10.0. The molecule has 0 aliphatic heterocycles. The molecule has 0 aromatic carbocycles. The van der Waals surface area contributed by atoms with Gasteiger partial charge in [-0.05, 0) is 44.9 Å². The van der Waals surface area contributed by atoms with Crippen LogP contribution in [0.15, 0.2) is 24.3 Å². The molecule has 0 aliphatic carbocycles. The number of hydrogen-bond donors (Lipinski definition) is 2. The average molecular weight is 883 g/mol. The van der Waals surface area contributed by atoms with E-state index in [1.54, 1.807) is 0 Å². The molecule has 0 saturated carbocycles. The van der Waals surface area contributed by atoms with E-state index >= 15 is 0 Å². The Morgan fingerprint density at radius 2 is 0.738 bits per heavy atom. The summed E-state index contributed by atoms with van der Waals surface area (Å²) >= 11 is 0. The Morgan fingerprint density at radius 3 is 1.11 bits per heavy atom. The summed E-state index contributed by atoms with van der Waals surface area (Å²) in [6, 6.07) is 0. The number of unbranched alkanes of at least 4 members (excludes halogenated alkanes) is 35. The number of carbonyl (C=O) groups is 2. The maximum atomic E-state index is 12.5. The number of allylic oxidation sites excluding steroid dienone is 4. The normalized spacial score (nSPS) is 12.5. The van der Waals surface area contributed by atoms with Crippen LogP contribution < -0.4 is 0 Å². The fourth-order valence-corrected chi connectivity index (χ4v) is 8.18. The van der Waals surface area contributed by atoms with E-state index in [2.05, 4.69) is 42.7 Å². The van der Waals surface area contributed by atoms with Gasteiger partial charge in [-0.15, -0.1) is 0 Å². The van der Waals surface area contributed by atoms with Crippen molar-refractivity contribution in [2.75, 3.05) is 13.2 Å². The molecule has 0 fully saturated rings. The van der Waals surface area contributed by atoms with Crippen molar-refractivity contribution in [3.8, 4) is 0 Å². The molecule has 9 heteroatoms. The minimum Gasteiger partial charge on any atom is -0.462 e. The lowest BCUT2D eigenvalue weighted by Crippen LogP contribution is -2.29. The van der Waals surface area contributed by atoms with Gasteiger partial charge in [0.2, 0.25) is 0 Å². The quantitative estimate of drug-likeness (QED) is 0.0268. The van der Waals surface area contributed by atoms with Gasteiger partial charge in [0.25, 0.3) is 0 Å². The molecule has 0 bridgehead atoms. The van der Waals surface area contributed by atoms with Gasteiger partial charge in [-0.25, -0.2) is 4.57 Å². The summed E-state index contributed by atoms with van der Waals surface area (Å²) < 4.78 is 26.6. The first-order valence-corrected chi connectivity index (χ1v) is 27.7. The van der Waals surface area contributed by atoms with E-state index in [0.29, 0.717) is 6.42 Å². The zero-order chi connectivity index (χ0) is 44.6. The number of phosphoric ester groups is 1. The summed E-state index contributed by atoms with van der Waals surface area (Å²) in [6.45, 7) is 3.71. The second kappa shape index (κ2) is 48.0. The van der Waals surface area contributed by atoms with Crippen molar-refractivity contribution >= 4 is 19.8 Å². The molecule has 0 spiro atoms. The fraction of sp³-hybridized carbons (Fsp3) is 0.885. The van der Waals surface area contributed by atoms with Crippen LogP contribution in [-0.4, -0.2) is 41.0 Å². The summed E-state index contributed by atoms with van der Waals surface area (Å²) in [5.74, 6) is -0.873. The second-order valence-corrected chi connectivity index (χ2v) is 19.1. The van der Waals surface area contributed by atoms with Gasteiger partial charge in [0.05, 0.1) is 6.61 Å². The molecule has 0 aliphatic rings. The van der Waals surface area contributed by atoms with E-state index in [-0.39, 0.29) is 19.4 Å². The van der Waals surface area contributed by atoms with Crippen molar-refractivity contribution in [2.45, 2.75) is 283 Å². The first kappa shape index (κ1) is 59.5. The number of ether oxygens (including phenoxy) is 2. The van der Waals surface area contributed by atoms with Gasteiger partial charge in [-0.2, -0.15) is 0 Å².